The number of carbonyl (C=O) groups is 1. The van der Waals surface area contributed by atoms with Gasteiger partial charge in [-0.05, 0) is 6.07 Å². The Balaban J connectivity index is 1.88. The summed E-state index contributed by atoms with van der Waals surface area (Å²) in [6, 6.07) is 1.89. The van der Waals surface area contributed by atoms with Crippen LogP contribution in [0.15, 0.2) is 35.4 Å². The fraction of sp³-hybridized carbons (Fsp3) is 0.273. The van der Waals surface area contributed by atoms with E-state index in [-0.39, 0.29) is 12.5 Å². The van der Waals surface area contributed by atoms with Crippen LogP contribution in [0.4, 0.5) is 5.69 Å². The minimum Gasteiger partial charge on any atom is -0.472 e. The lowest BCUT2D eigenvalue weighted by Gasteiger charge is -2.00. The molecule has 2 N–H and O–H groups in total. The summed E-state index contributed by atoms with van der Waals surface area (Å²) in [5, 5.41) is 9.80. The predicted octanol–water partition coefficient (Wildman–Crippen LogP) is 0.834. The summed E-state index contributed by atoms with van der Waals surface area (Å²) in [5.74, 6) is -0.0746. The van der Waals surface area contributed by atoms with Crippen molar-refractivity contribution < 1.29 is 9.21 Å². The van der Waals surface area contributed by atoms with Crippen molar-refractivity contribution in [3.05, 3.63) is 36.5 Å². The highest BCUT2D eigenvalue weighted by molar-refractivity contribution is 5.75. The quantitative estimate of drug-likeness (QED) is 0.804. The maximum absolute atomic E-state index is 11.1. The molecule has 2 rings (SSSR count). The maximum Gasteiger partial charge on any atom is 0.241 e. The van der Waals surface area contributed by atoms with Crippen LogP contribution in [0.1, 0.15) is 5.56 Å². The van der Waals surface area contributed by atoms with Gasteiger partial charge < -0.3 is 15.1 Å². The van der Waals surface area contributed by atoms with E-state index in [0.29, 0.717) is 6.54 Å². The molecule has 0 bridgehead atoms. The molecule has 0 unspecified atom stereocenters. The van der Waals surface area contributed by atoms with Gasteiger partial charge in [0.1, 0.15) is 6.54 Å². The Kier molecular flexibility index (Phi) is 3.44. The number of amides is 1. The van der Waals surface area contributed by atoms with E-state index in [1.807, 2.05) is 6.07 Å². The average Bonchev–Trinajstić information content (AvgIpc) is 2.97. The van der Waals surface area contributed by atoms with Gasteiger partial charge in [0.05, 0.1) is 24.4 Å². The summed E-state index contributed by atoms with van der Waals surface area (Å²) < 4.78 is 6.54. The van der Waals surface area contributed by atoms with Gasteiger partial charge in [0.15, 0.2) is 0 Å². The zero-order chi connectivity index (χ0) is 12.1. The van der Waals surface area contributed by atoms with E-state index in [4.69, 9.17) is 4.42 Å². The molecule has 6 heteroatoms. The van der Waals surface area contributed by atoms with Crippen LogP contribution in [-0.2, 0) is 17.9 Å². The standard InChI is InChI=1S/C11H14N4O2/c1-12-11(16)7-15-6-10(5-14-15)13-4-9-2-3-17-8-9/h2-3,5-6,8,13H,4,7H2,1H3,(H,12,16). The third-order valence-electron chi connectivity index (χ3n) is 2.29. The van der Waals surface area contributed by atoms with Crippen molar-refractivity contribution in [1.82, 2.24) is 15.1 Å². The second kappa shape index (κ2) is 5.20. The van der Waals surface area contributed by atoms with Crippen LogP contribution in [0.5, 0.6) is 0 Å². The van der Waals surface area contributed by atoms with Crippen LogP contribution < -0.4 is 10.6 Å². The fourth-order valence-electron chi connectivity index (χ4n) is 1.36. The molecule has 17 heavy (non-hydrogen) atoms. The van der Waals surface area contributed by atoms with Crippen molar-refractivity contribution in [2.24, 2.45) is 0 Å². The van der Waals surface area contributed by atoms with Gasteiger partial charge in [0, 0.05) is 25.4 Å². The van der Waals surface area contributed by atoms with E-state index in [2.05, 4.69) is 15.7 Å². The Labute approximate surface area is 98.6 Å². The lowest BCUT2D eigenvalue weighted by Crippen LogP contribution is -2.23. The summed E-state index contributed by atoms with van der Waals surface area (Å²) in [6.07, 6.45) is 6.78. The molecule has 0 spiro atoms. The second-order valence-corrected chi connectivity index (χ2v) is 3.58. The van der Waals surface area contributed by atoms with E-state index < -0.39 is 0 Å². The number of aromatic nitrogens is 2. The Hall–Kier alpha value is -2.24. The highest BCUT2D eigenvalue weighted by Crippen LogP contribution is 2.08. The number of furan rings is 1. The molecule has 0 radical (unpaired) electrons. The lowest BCUT2D eigenvalue weighted by molar-refractivity contribution is -0.121. The average molecular weight is 234 g/mol. The first-order valence-electron chi connectivity index (χ1n) is 5.26. The molecule has 0 aromatic carbocycles. The topological polar surface area (TPSA) is 72.1 Å². The summed E-state index contributed by atoms with van der Waals surface area (Å²) in [7, 11) is 1.60. The zero-order valence-electron chi connectivity index (χ0n) is 9.51. The number of hydrogen-bond donors (Lipinski definition) is 2. The molecule has 2 aromatic heterocycles. The number of nitrogens with one attached hydrogen (secondary N) is 2. The first-order chi connectivity index (χ1) is 8.28. The highest BCUT2D eigenvalue weighted by atomic mass is 16.3. The Morgan fingerprint density at radius 3 is 3.18 bits per heavy atom. The third kappa shape index (κ3) is 3.10. The SMILES string of the molecule is CNC(=O)Cn1cc(NCc2ccoc2)cn1. The van der Waals surface area contributed by atoms with Crippen molar-refractivity contribution in [3.8, 4) is 0 Å². The summed E-state index contributed by atoms with van der Waals surface area (Å²) >= 11 is 0. The summed E-state index contributed by atoms with van der Waals surface area (Å²) in [5.41, 5.74) is 1.93. The molecule has 0 saturated heterocycles. The minimum absolute atomic E-state index is 0.0746. The van der Waals surface area contributed by atoms with E-state index in [0.717, 1.165) is 11.3 Å². The van der Waals surface area contributed by atoms with E-state index in [1.54, 1.807) is 36.6 Å². The molecule has 2 heterocycles. The number of carbonyl (C=O) groups excluding carboxylic acids is 1. The van der Waals surface area contributed by atoms with Gasteiger partial charge in [-0.1, -0.05) is 0 Å². The Morgan fingerprint density at radius 1 is 1.59 bits per heavy atom. The minimum atomic E-state index is -0.0746. The van der Waals surface area contributed by atoms with Crippen molar-refractivity contribution in [2.45, 2.75) is 13.1 Å². The first kappa shape index (κ1) is 11.3. The van der Waals surface area contributed by atoms with Gasteiger partial charge in [-0.2, -0.15) is 5.10 Å². The molecule has 0 fully saturated rings. The molecular weight excluding hydrogens is 220 g/mol. The van der Waals surface area contributed by atoms with Crippen LogP contribution in [0.2, 0.25) is 0 Å². The van der Waals surface area contributed by atoms with Crippen molar-refractivity contribution in [3.63, 3.8) is 0 Å². The Morgan fingerprint density at radius 2 is 2.47 bits per heavy atom. The van der Waals surface area contributed by atoms with Crippen molar-refractivity contribution >= 4 is 11.6 Å². The zero-order valence-corrected chi connectivity index (χ0v) is 9.51. The van der Waals surface area contributed by atoms with Gasteiger partial charge in [-0.15, -0.1) is 0 Å². The van der Waals surface area contributed by atoms with E-state index >= 15 is 0 Å². The van der Waals surface area contributed by atoms with Gasteiger partial charge in [-0.3, -0.25) is 9.48 Å². The number of hydrogen-bond acceptors (Lipinski definition) is 4. The van der Waals surface area contributed by atoms with Gasteiger partial charge in [0.25, 0.3) is 0 Å². The van der Waals surface area contributed by atoms with E-state index in [1.165, 1.54) is 0 Å². The van der Waals surface area contributed by atoms with E-state index in [9.17, 15) is 4.79 Å². The lowest BCUT2D eigenvalue weighted by atomic mass is 10.3. The smallest absolute Gasteiger partial charge is 0.241 e. The molecule has 6 nitrogen and oxygen atoms in total. The monoisotopic (exact) mass is 234 g/mol. The normalized spacial score (nSPS) is 10.2. The molecule has 90 valence electrons. The molecule has 2 aromatic rings. The molecule has 0 aliphatic rings. The molecule has 0 aliphatic carbocycles. The van der Waals surface area contributed by atoms with Gasteiger partial charge in [0.2, 0.25) is 5.91 Å². The Bertz CT molecular complexity index is 475. The van der Waals surface area contributed by atoms with Crippen LogP contribution >= 0.6 is 0 Å². The molecular formula is C11H14N4O2. The van der Waals surface area contributed by atoms with Crippen LogP contribution in [0.25, 0.3) is 0 Å². The predicted molar refractivity (Wildman–Crippen MR) is 62.3 cm³/mol. The fourth-order valence-corrected chi connectivity index (χ4v) is 1.36. The number of nitrogens with zero attached hydrogens (tertiary/aromatic N) is 2. The summed E-state index contributed by atoms with van der Waals surface area (Å²) in [4.78, 5) is 11.1. The van der Waals surface area contributed by atoms with Crippen LogP contribution in [0, 0.1) is 0 Å². The van der Waals surface area contributed by atoms with Crippen LogP contribution in [0.3, 0.4) is 0 Å². The second-order valence-electron chi connectivity index (χ2n) is 3.58. The molecule has 0 saturated carbocycles. The molecule has 0 aliphatic heterocycles. The third-order valence-corrected chi connectivity index (χ3v) is 2.29. The maximum atomic E-state index is 11.1. The number of anilines is 1. The van der Waals surface area contributed by atoms with Crippen molar-refractivity contribution in [2.75, 3.05) is 12.4 Å². The van der Waals surface area contributed by atoms with Crippen molar-refractivity contribution in [1.29, 1.82) is 0 Å². The molecule has 1 amide bonds. The van der Waals surface area contributed by atoms with Gasteiger partial charge >= 0.3 is 0 Å². The molecule has 0 atom stereocenters. The number of likely N-dealkylation sites (N-methyl/N-ethyl adjacent to an activating group) is 1. The summed E-state index contributed by atoms with van der Waals surface area (Å²) in [6.45, 7) is 0.895. The van der Waals surface area contributed by atoms with Gasteiger partial charge in [-0.25, -0.2) is 0 Å². The van der Waals surface area contributed by atoms with Crippen LogP contribution in [-0.4, -0.2) is 22.7 Å². The number of rotatable bonds is 5. The highest BCUT2D eigenvalue weighted by Gasteiger charge is 2.02. The first-order valence-corrected chi connectivity index (χ1v) is 5.26. The largest absolute Gasteiger partial charge is 0.472 e.